The zero-order chi connectivity index (χ0) is 14.7. The van der Waals surface area contributed by atoms with Crippen LogP contribution in [0.1, 0.15) is 37.8 Å². The number of esters is 1. The van der Waals surface area contributed by atoms with Crippen LogP contribution in [0.2, 0.25) is 0 Å². The number of aromatic nitrogens is 1. The van der Waals surface area contributed by atoms with E-state index in [-0.39, 0.29) is 5.97 Å². The van der Waals surface area contributed by atoms with E-state index in [0.717, 1.165) is 12.2 Å². The standard InChI is InChI=1S/C16H18N2O2S/c1-20-16(19)12-5-6-13(18-8-12)9-17-10-14-7-11-3-2-4-15(11)21-14/h5-8,17H,2-4,9-10H2,1H3. The SMILES string of the molecule is COC(=O)c1ccc(CNCc2cc3c(s2)CCC3)nc1. The zero-order valence-corrected chi connectivity index (χ0v) is 12.8. The van der Waals surface area contributed by atoms with Crippen LogP contribution in [0.5, 0.6) is 0 Å². The van der Waals surface area contributed by atoms with E-state index in [2.05, 4.69) is 21.1 Å². The number of aryl methyl sites for hydroxylation is 2. The van der Waals surface area contributed by atoms with E-state index in [4.69, 9.17) is 0 Å². The van der Waals surface area contributed by atoms with E-state index < -0.39 is 0 Å². The summed E-state index contributed by atoms with van der Waals surface area (Å²) in [5.41, 5.74) is 2.94. The van der Waals surface area contributed by atoms with Crippen LogP contribution in [0, 0.1) is 0 Å². The second-order valence-electron chi connectivity index (χ2n) is 5.15. The fourth-order valence-electron chi connectivity index (χ4n) is 2.56. The number of thiophene rings is 1. The van der Waals surface area contributed by atoms with Gasteiger partial charge < -0.3 is 10.1 Å². The van der Waals surface area contributed by atoms with Crippen LogP contribution in [-0.2, 0) is 30.7 Å². The van der Waals surface area contributed by atoms with E-state index in [1.807, 2.05) is 17.4 Å². The van der Waals surface area contributed by atoms with Gasteiger partial charge in [-0.15, -0.1) is 11.3 Å². The Morgan fingerprint density at radius 1 is 1.38 bits per heavy atom. The maximum absolute atomic E-state index is 11.3. The number of fused-ring (bicyclic) bond motifs is 1. The monoisotopic (exact) mass is 302 g/mol. The number of nitrogens with one attached hydrogen (secondary N) is 1. The van der Waals surface area contributed by atoms with E-state index in [9.17, 15) is 4.79 Å². The van der Waals surface area contributed by atoms with Crippen LogP contribution < -0.4 is 5.32 Å². The van der Waals surface area contributed by atoms with Gasteiger partial charge in [-0.2, -0.15) is 0 Å². The molecule has 21 heavy (non-hydrogen) atoms. The van der Waals surface area contributed by atoms with Crippen LogP contribution >= 0.6 is 11.3 Å². The average Bonchev–Trinajstić information content (AvgIpc) is 3.08. The molecule has 0 bridgehead atoms. The highest BCUT2D eigenvalue weighted by Gasteiger charge is 2.14. The molecule has 3 rings (SSSR count). The normalized spacial score (nSPS) is 13.2. The minimum atomic E-state index is -0.352. The largest absolute Gasteiger partial charge is 0.465 e. The average molecular weight is 302 g/mol. The molecule has 1 aliphatic rings. The quantitative estimate of drug-likeness (QED) is 0.863. The fraction of sp³-hybridized carbons (Fsp3) is 0.375. The van der Waals surface area contributed by atoms with Crippen molar-refractivity contribution >= 4 is 17.3 Å². The van der Waals surface area contributed by atoms with Crippen molar-refractivity contribution in [3.8, 4) is 0 Å². The summed E-state index contributed by atoms with van der Waals surface area (Å²) in [6.45, 7) is 1.57. The van der Waals surface area contributed by atoms with E-state index in [0.29, 0.717) is 12.1 Å². The van der Waals surface area contributed by atoms with Crippen LogP contribution in [0.4, 0.5) is 0 Å². The molecule has 0 spiro atoms. The van der Waals surface area contributed by atoms with Gasteiger partial charge in [0.1, 0.15) is 0 Å². The van der Waals surface area contributed by atoms with Crippen LogP contribution in [-0.4, -0.2) is 18.1 Å². The fourth-order valence-corrected chi connectivity index (χ4v) is 3.79. The third-order valence-electron chi connectivity index (χ3n) is 3.65. The van der Waals surface area contributed by atoms with Crippen molar-refractivity contribution in [2.45, 2.75) is 32.4 Å². The summed E-state index contributed by atoms with van der Waals surface area (Å²) in [4.78, 5) is 18.5. The third-order valence-corrected chi connectivity index (χ3v) is 4.89. The number of nitrogens with zero attached hydrogens (tertiary/aromatic N) is 1. The molecule has 0 saturated carbocycles. The molecule has 2 aromatic rings. The Kier molecular flexibility index (Phi) is 4.31. The minimum Gasteiger partial charge on any atom is -0.465 e. The van der Waals surface area contributed by atoms with Gasteiger partial charge in [-0.1, -0.05) is 0 Å². The smallest absolute Gasteiger partial charge is 0.339 e. The van der Waals surface area contributed by atoms with Crippen molar-refractivity contribution in [1.82, 2.24) is 10.3 Å². The van der Waals surface area contributed by atoms with Crippen LogP contribution in [0.25, 0.3) is 0 Å². The maximum atomic E-state index is 11.3. The molecule has 2 aromatic heterocycles. The number of hydrogen-bond donors (Lipinski definition) is 1. The minimum absolute atomic E-state index is 0.352. The summed E-state index contributed by atoms with van der Waals surface area (Å²) in [5.74, 6) is -0.352. The lowest BCUT2D eigenvalue weighted by molar-refractivity contribution is 0.0600. The Labute approximate surface area is 128 Å². The highest BCUT2D eigenvalue weighted by atomic mass is 32.1. The molecule has 2 heterocycles. The van der Waals surface area contributed by atoms with Gasteiger partial charge in [-0.25, -0.2) is 4.79 Å². The number of ether oxygens (including phenoxy) is 1. The molecule has 0 saturated heterocycles. The predicted octanol–water partition coefficient (Wildman–Crippen LogP) is 2.71. The number of pyridine rings is 1. The molecule has 0 unspecified atom stereocenters. The van der Waals surface area contributed by atoms with Gasteiger partial charge >= 0.3 is 5.97 Å². The Bertz CT molecular complexity index is 613. The Morgan fingerprint density at radius 3 is 3.00 bits per heavy atom. The van der Waals surface area contributed by atoms with Gasteiger partial charge in [0, 0.05) is 29.0 Å². The molecule has 0 atom stereocenters. The van der Waals surface area contributed by atoms with Crippen molar-refractivity contribution < 1.29 is 9.53 Å². The lowest BCUT2D eigenvalue weighted by Crippen LogP contribution is -2.13. The molecule has 0 aromatic carbocycles. The molecule has 0 aliphatic heterocycles. The first-order valence-corrected chi connectivity index (χ1v) is 7.92. The van der Waals surface area contributed by atoms with Crippen LogP contribution in [0.15, 0.2) is 24.4 Å². The molecular formula is C16H18N2O2S. The molecule has 0 fully saturated rings. The summed E-state index contributed by atoms with van der Waals surface area (Å²) >= 11 is 1.92. The molecule has 0 amide bonds. The van der Waals surface area contributed by atoms with Gasteiger partial charge in [0.15, 0.2) is 0 Å². The molecule has 5 heteroatoms. The van der Waals surface area contributed by atoms with Crippen molar-refractivity contribution in [3.05, 3.63) is 51.0 Å². The van der Waals surface area contributed by atoms with Gasteiger partial charge in [0.25, 0.3) is 0 Å². The van der Waals surface area contributed by atoms with E-state index in [1.54, 1.807) is 17.1 Å². The van der Waals surface area contributed by atoms with Gasteiger partial charge in [-0.3, -0.25) is 4.98 Å². The first-order chi connectivity index (χ1) is 10.3. The summed E-state index contributed by atoms with van der Waals surface area (Å²) in [6, 6.07) is 5.93. The Morgan fingerprint density at radius 2 is 2.29 bits per heavy atom. The molecule has 110 valence electrons. The summed E-state index contributed by atoms with van der Waals surface area (Å²) in [5, 5.41) is 3.40. The Hall–Kier alpha value is -1.72. The lowest BCUT2D eigenvalue weighted by Gasteiger charge is -2.04. The first-order valence-electron chi connectivity index (χ1n) is 7.10. The number of carbonyl (C=O) groups is 1. The molecular weight excluding hydrogens is 284 g/mol. The van der Waals surface area contributed by atoms with E-state index in [1.165, 1.54) is 36.8 Å². The second-order valence-corrected chi connectivity index (χ2v) is 6.37. The summed E-state index contributed by atoms with van der Waals surface area (Å²) in [7, 11) is 1.37. The van der Waals surface area contributed by atoms with E-state index >= 15 is 0 Å². The predicted molar refractivity (Wildman–Crippen MR) is 82.5 cm³/mol. The number of carbonyl (C=O) groups excluding carboxylic acids is 1. The molecule has 0 radical (unpaired) electrons. The number of hydrogen-bond acceptors (Lipinski definition) is 5. The van der Waals surface area contributed by atoms with Crippen molar-refractivity contribution in [2.24, 2.45) is 0 Å². The summed E-state index contributed by atoms with van der Waals surface area (Å²) < 4.78 is 4.65. The highest BCUT2D eigenvalue weighted by Crippen LogP contribution is 2.30. The van der Waals surface area contributed by atoms with Crippen molar-refractivity contribution in [1.29, 1.82) is 0 Å². The molecule has 1 N–H and O–H groups in total. The first kappa shape index (κ1) is 14.2. The maximum Gasteiger partial charge on any atom is 0.339 e. The molecule has 4 nitrogen and oxygen atoms in total. The van der Waals surface area contributed by atoms with Crippen molar-refractivity contribution in [3.63, 3.8) is 0 Å². The van der Waals surface area contributed by atoms with Gasteiger partial charge in [-0.05, 0) is 43.0 Å². The highest BCUT2D eigenvalue weighted by molar-refractivity contribution is 7.12. The third kappa shape index (κ3) is 3.31. The van der Waals surface area contributed by atoms with Gasteiger partial charge in [0.2, 0.25) is 0 Å². The molecule has 1 aliphatic carbocycles. The van der Waals surface area contributed by atoms with Crippen molar-refractivity contribution in [2.75, 3.05) is 7.11 Å². The second kappa shape index (κ2) is 6.37. The number of rotatable bonds is 5. The van der Waals surface area contributed by atoms with Gasteiger partial charge in [0.05, 0.1) is 18.4 Å². The lowest BCUT2D eigenvalue weighted by atomic mass is 10.2. The van der Waals surface area contributed by atoms with Crippen LogP contribution in [0.3, 0.4) is 0 Å². The number of methoxy groups -OCH3 is 1. The topological polar surface area (TPSA) is 51.2 Å². The zero-order valence-electron chi connectivity index (χ0n) is 12.0. The summed E-state index contributed by atoms with van der Waals surface area (Å²) in [6.07, 6.45) is 5.35. The Balaban J connectivity index is 1.51.